The van der Waals surface area contributed by atoms with E-state index >= 15 is 0 Å². The highest BCUT2D eigenvalue weighted by molar-refractivity contribution is 6.21. The third-order valence-corrected chi connectivity index (χ3v) is 7.28. The van der Waals surface area contributed by atoms with Gasteiger partial charge in [-0.3, -0.25) is 0 Å². The van der Waals surface area contributed by atoms with E-state index in [0.29, 0.717) is 34.1 Å². The average Bonchev–Trinajstić information content (AvgIpc) is 2.94. The van der Waals surface area contributed by atoms with Gasteiger partial charge < -0.3 is 34.4 Å². The molecule has 0 aromatic heterocycles. The van der Waals surface area contributed by atoms with Crippen molar-refractivity contribution in [3.8, 4) is 44.5 Å². The second-order valence-electron chi connectivity index (χ2n) is 9.99. The Balaban J connectivity index is 1.83. The van der Waals surface area contributed by atoms with Crippen LogP contribution in [0.5, 0.6) is 0 Å². The standard InChI is InChI=1S/C34H30N6/c35-23-9-1-5-19(15-23)27-13-14-28-32(29(27)20-6-2-10-24(36)16-20)34(40)31(22-8-4-12-26(38)18-22)30(33(28)39)21-7-3-11-25(37)17-21/h1-18H,35-40H2. The summed E-state index contributed by atoms with van der Waals surface area (Å²) in [4.78, 5) is 0. The number of hydrogen-bond acceptors (Lipinski definition) is 6. The van der Waals surface area contributed by atoms with Gasteiger partial charge in [0.1, 0.15) is 0 Å². The SMILES string of the molecule is Nc1cccc(-c2ccc3c(N)c(-c4cccc(N)c4)c(-c4cccc(N)c4)c(N)c3c2-c2cccc(N)c2)c1. The molecule has 0 saturated heterocycles. The third-order valence-electron chi connectivity index (χ3n) is 7.28. The molecule has 6 aromatic rings. The number of nitrogens with two attached hydrogens (primary N) is 6. The Bertz CT molecular complexity index is 1930. The average molecular weight is 523 g/mol. The van der Waals surface area contributed by atoms with Crippen molar-refractivity contribution in [1.82, 2.24) is 0 Å². The number of anilines is 6. The molecular weight excluding hydrogens is 492 g/mol. The van der Waals surface area contributed by atoms with E-state index in [1.165, 1.54) is 0 Å². The molecule has 0 heterocycles. The van der Waals surface area contributed by atoms with Crippen LogP contribution in [0, 0.1) is 0 Å². The molecule has 0 amide bonds. The summed E-state index contributed by atoms with van der Waals surface area (Å²) < 4.78 is 0. The second kappa shape index (κ2) is 9.60. The van der Waals surface area contributed by atoms with Crippen molar-refractivity contribution >= 4 is 44.9 Å². The van der Waals surface area contributed by atoms with Crippen LogP contribution in [0.15, 0.2) is 109 Å². The monoisotopic (exact) mass is 522 g/mol. The first-order chi connectivity index (χ1) is 19.3. The van der Waals surface area contributed by atoms with Crippen LogP contribution in [-0.2, 0) is 0 Å². The van der Waals surface area contributed by atoms with E-state index < -0.39 is 0 Å². The molecule has 0 spiro atoms. The normalized spacial score (nSPS) is 11.1. The molecule has 0 aliphatic heterocycles. The molecule has 0 atom stereocenters. The third kappa shape index (κ3) is 4.18. The topological polar surface area (TPSA) is 156 Å². The van der Waals surface area contributed by atoms with Crippen molar-refractivity contribution in [2.45, 2.75) is 0 Å². The predicted octanol–water partition coefficient (Wildman–Crippen LogP) is 7.00. The highest BCUT2D eigenvalue weighted by Gasteiger charge is 2.24. The van der Waals surface area contributed by atoms with E-state index in [1.807, 2.05) is 103 Å². The Labute approximate surface area is 232 Å². The van der Waals surface area contributed by atoms with Crippen molar-refractivity contribution in [3.63, 3.8) is 0 Å². The van der Waals surface area contributed by atoms with Crippen molar-refractivity contribution in [2.24, 2.45) is 0 Å². The number of fused-ring (bicyclic) bond motifs is 1. The Hall–Kier alpha value is -5.62. The van der Waals surface area contributed by atoms with E-state index in [4.69, 9.17) is 34.4 Å². The summed E-state index contributed by atoms with van der Waals surface area (Å²) in [5.41, 5.74) is 50.0. The lowest BCUT2D eigenvalue weighted by molar-refractivity contribution is 1.57. The number of nitrogen functional groups attached to an aromatic ring is 6. The van der Waals surface area contributed by atoms with Crippen LogP contribution in [0.3, 0.4) is 0 Å². The second-order valence-corrected chi connectivity index (χ2v) is 9.99. The molecule has 6 rings (SSSR count). The van der Waals surface area contributed by atoms with Gasteiger partial charge in [-0.1, -0.05) is 60.7 Å². The van der Waals surface area contributed by atoms with E-state index in [-0.39, 0.29) is 0 Å². The molecule has 196 valence electrons. The minimum atomic E-state index is 0.579. The molecule has 6 nitrogen and oxygen atoms in total. The summed E-state index contributed by atoms with van der Waals surface area (Å²) in [6, 6.07) is 35.0. The lowest BCUT2D eigenvalue weighted by Crippen LogP contribution is -2.03. The van der Waals surface area contributed by atoms with Crippen LogP contribution in [0.2, 0.25) is 0 Å². The molecule has 0 bridgehead atoms. The van der Waals surface area contributed by atoms with E-state index in [0.717, 1.165) is 55.3 Å². The molecule has 6 aromatic carbocycles. The van der Waals surface area contributed by atoms with Gasteiger partial charge in [-0.2, -0.15) is 0 Å². The highest BCUT2D eigenvalue weighted by atomic mass is 14.6. The fourth-order valence-electron chi connectivity index (χ4n) is 5.56. The molecular formula is C34H30N6. The van der Waals surface area contributed by atoms with Gasteiger partial charge in [0.05, 0.1) is 0 Å². The Morgan fingerprint density at radius 2 is 0.750 bits per heavy atom. The summed E-state index contributed by atoms with van der Waals surface area (Å²) in [6.45, 7) is 0. The van der Waals surface area contributed by atoms with E-state index in [2.05, 4.69) is 6.07 Å². The predicted molar refractivity (Wildman–Crippen MR) is 172 cm³/mol. The van der Waals surface area contributed by atoms with Gasteiger partial charge in [0.25, 0.3) is 0 Å². The molecule has 6 heteroatoms. The summed E-state index contributed by atoms with van der Waals surface area (Å²) in [7, 11) is 0. The van der Waals surface area contributed by atoms with E-state index in [9.17, 15) is 0 Å². The maximum absolute atomic E-state index is 7.22. The van der Waals surface area contributed by atoms with Gasteiger partial charge in [-0.15, -0.1) is 0 Å². The zero-order chi connectivity index (χ0) is 28.0. The van der Waals surface area contributed by atoms with Crippen LogP contribution in [0.25, 0.3) is 55.3 Å². The summed E-state index contributed by atoms with van der Waals surface area (Å²) in [6.07, 6.45) is 0. The van der Waals surface area contributed by atoms with Gasteiger partial charge >= 0.3 is 0 Å². The van der Waals surface area contributed by atoms with Crippen LogP contribution < -0.4 is 34.4 Å². The van der Waals surface area contributed by atoms with Gasteiger partial charge in [0.15, 0.2) is 0 Å². The smallest absolute Gasteiger partial charge is 0.0487 e. The first kappa shape index (κ1) is 24.7. The zero-order valence-corrected chi connectivity index (χ0v) is 21.9. The first-order valence-electron chi connectivity index (χ1n) is 12.9. The Kier molecular flexibility index (Phi) is 5.93. The zero-order valence-electron chi connectivity index (χ0n) is 21.9. The number of hydrogen-bond donors (Lipinski definition) is 6. The van der Waals surface area contributed by atoms with E-state index in [1.54, 1.807) is 0 Å². The minimum Gasteiger partial charge on any atom is -0.399 e. The van der Waals surface area contributed by atoms with Crippen LogP contribution in [-0.4, -0.2) is 0 Å². The maximum Gasteiger partial charge on any atom is 0.0487 e. The van der Waals surface area contributed by atoms with Crippen molar-refractivity contribution in [3.05, 3.63) is 109 Å². The molecule has 0 saturated carbocycles. The molecule has 0 aliphatic carbocycles. The molecule has 12 N–H and O–H groups in total. The molecule has 40 heavy (non-hydrogen) atoms. The quantitative estimate of drug-likeness (QED) is 0.137. The minimum absolute atomic E-state index is 0.579. The van der Waals surface area contributed by atoms with Gasteiger partial charge in [-0.25, -0.2) is 0 Å². The van der Waals surface area contributed by atoms with Crippen molar-refractivity contribution in [2.75, 3.05) is 34.4 Å². The van der Waals surface area contributed by atoms with Gasteiger partial charge in [-0.05, 0) is 81.9 Å². The van der Waals surface area contributed by atoms with Gasteiger partial charge in [0, 0.05) is 56.0 Å². The van der Waals surface area contributed by atoms with Crippen molar-refractivity contribution in [1.29, 1.82) is 0 Å². The first-order valence-corrected chi connectivity index (χ1v) is 12.9. The fourth-order valence-corrected chi connectivity index (χ4v) is 5.56. The van der Waals surface area contributed by atoms with Crippen LogP contribution >= 0.6 is 0 Å². The fraction of sp³-hybridized carbons (Fsp3) is 0. The summed E-state index contributed by atoms with van der Waals surface area (Å²) in [5.74, 6) is 0. The lowest BCUT2D eigenvalue weighted by Gasteiger charge is -2.23. The van der Waals surface area contributed by atoms with Crippen LogP contribution in [0.1, 0.15) is 0 Å². The summed E-state index contributed by atoms with van der Waals surface area (Å²) >= 11 is 0. The van der Waals surface area contributed by atoms with Crippen molar-refractivity contribution < 1.29 is 0 Å². The molecule has 0 fully saturated rings. The Morgan fingerprint density at radius 3 is 1.23 bits per heavy atom. The number of benzene rings is 6. The van der Waals surface area contributed by atoms with Crippen LogP contribution in [0.4, 0.5) is 34.1 Å². The largest absolute Gasteiger partial charge is 0.399 e. The maximum atomic E-state index is 7.22. The molecule has 0 aliphatic rings. The lowest BCUT2D eigenvalue weighted by atomic mass is 9.82. The molecule has 0 radical (unpaired) electrons. The number of rotatable bonds is 4. The molecule has 0 unspecified atom stereocenters. The van der Waals surface area contributed by atoms with Gasteiger partial charge in [0.2, 0.25) is 0 Å². The highest BCUT2D eigenvalue weighted by Crippen LogP contribution is 2.51. The Morgan fingerprint density at radius 1 is 0.350 bits per heavy atom. The summed E-state index contributed by atoms with van der Waals surface area (Å²) in [5, 5.41) is 1.65.